The number of hydrogen-bond acceptors (Lipinski definition) is 6. The zero-order valence-electron chi connectivity index (χ0n) is 26.2. The highest BCUT2D eigenvalue weighted by Crippen LogP contribution is 2.42. The molecule has 2 aromatic rings. The Balaban J connectivity index is 1.57. The third-order valence-corrected chi connectivity index (χ3v) is 9.20. The second kappa shape index (κ2) is 12.4. The number of amides is 4. The number of fused-ring (bicyclic) bond motifs is 1. The van der Waals surface area contributed by atoms with E-state index in [4.69, 9.17) is 4.74 Å². The molecule has 1 aromatic heterocycles. The van der Waals surface area contributed by atoms with Gasteiger partial charge in [0.05, 0.1) is 13.2 Å². The number of carbonyl (C=O) groups is 5. The fourth-order valence-corrected chi connectivity index (χ4v) is 6.23. The normalized spacial score (nSPS) is 23.3. The van der Waals surface area contributed by atoms with E-state index in [0.29, 0.717) is 31.5 Å². The van der Waals surface area contributed by atoms with E-state index in [0.717, 1.165) is 17.3 Å². The summed E-state index contributed by atoms with van der Waals surface area (Å²) in [5.41, 5.74) is -0.292. The molecule has 11 nitrogen and oxygen atoms in total. The van der Waals surface area contributed by atoms with Crippen molar-refractivity contribution in [1.82, 2.24) is 25.8 Å². The summed E-state index contributed by atoms with van der Waals surface area (Å²) in [5, 5.41) is 9.31. The average molecular weight is 596 g/mol. The van der Waals surface area contributed by atoms with Crippen LogP contribution in [0, 0.1) is 22.7 Å². The largest absolute Gasteiger partial charge is 0.496 e. The molecule has 234 valence electrons. The Hall–Kier alpha value is -3.89. The Kier molecular flexibility index (Phi) is 9.22. The van der Waals surface area contributed by atoms with Gasteiger partial charge in [0.25, 0.3) is 5.91 Å². The monoisotopic (exact) mass is 595 g/mol. The second-order valence-electron chi connectivity index (χ2n) is 13.6. The molecule has 0 radical (unpaired) electrons. The van der Waals surface area contributed by atoms with Gasteiger partial charge in [-0.05, 0) is 54.2 Å². The Morgan fingerprint density at radius 2 is 1.93 bits per heavy atom. The second-order valence-corrected chi connectivity index (χ2v) is 13.6. The van der Waals surface area contributed by atoms with Crippen molar-refractivity contribution in [3.8, 4) is 5.75 Å². The summed E-state index contributed by atoms with van der Waals surface area (Å²) in [6.07, 6.45) is 2.33. The van der Waals surface area contributed by atoms with Crippen LogP contribution in [0.1, 0.15) is 71.3 Å². The summed E-state index contributed by atoms with van der Waals surface area (Å²) < 4.78 is 5.42. The highest BCUT2D eigenvalue weighted by Gasteiger charge is 2.53. The Morgan fingerprint density at radius 1 is 1.21 bits per heavy atom. The van der Waals surface area contributed by atoms with Gasteiger partial charge in [0.1, 0.15) is 29.8 Å². The highest BCUT2D eigenvalue weighted by molar-refractivity contribution is 6.02. The summed E-state index contributed by atoms with van der Waals surface area (Å²) >= 11 is 0. The maximum atomic E-state index is 14.3. The zero-order chi connectivity index (χ0) is 31.7. The SMILES string of the molecule is COc1cccc2[nH]c(C(=O)N[C@H](C(=O)N3C[C@@H](C)C(C)(C)[C@H]3C(=O)N[C@H](C=O)C[C@@H]3CCCNC3=O)C(C)(C)C)cc12. The van der Waals surface area contributed by atoms with Crippen LogP contribution in [0.5, 0.6) is 5.75 Å². The van der Waals surface area contributed by atoms with Gasteiger partial charge in [-0.3, -0.25) is 19.2 Å². The quantitative estimate of drug-likeness (QED) is 0.328. The molecule has 43 heavy (non-hydrogen) atoms. The van der Waals surface area contributed by atoms with Crippen LogP contribution < -0.4 is 20.7 Å². The van der Waals surface area contributed by atoms with Crippen molar-refractivity contribution in [2.45, 2.75) is 78.9 Å². The molecule has 0 bridgehead atoms. The third-order valence-electron chi connectivity index (χ3n) is 9.20. The molecule has 4 amide bonds. The number of carbonyl (C=O) groups excluding carboxylic acids is 5. The third kappa shape index (κ3) is 6.55. The standard InChI is InChI=1S/C32H45N5O6/c1-18-16-37(26(32(18,5)6)29(41)34-20(17-38)14-19-10-9-13-33-27(19)39)30(42)25(31(2,3)4)36-28(40)23-15-21-22(35-23)11-8-12-24(21)43-7/h8,11-12,15,17-20,25-26,35H,9-10,13-14,16H2,1-7H3,(H,33,39)(H,34,41)(H,36,40)/t18-,19+,20+,25-,26-/m1/s1. The molecule has 5 atom stereocenters. The predicted octanol–water partition coefficient (Wildman–Crippen LogP) is 2.79. The Morgan fingerprint density at radius 3 is 2.56 bits per heavy atom. The van der Waals surface area contributed by atoms with Crippen LogP contribution in [0.15, 0.2) is 24.3 Å². The van der Waals surface area contributed by atoms with Crippen LogP contribution in [0.2, 0.25) is 0 Å². The molecule has 2 aliphatic rings. The van der Waals surface area contributed by atoms with Gasteiger partial charge in [-0.2, -0.15) is 0 Å². The number of H-pyrrole nitrogens is 1. The first-order valence-corrected chi connectivity index (χ1v) is 15.0. The first-order chi connectivity index (χ1) is 20.2. The van der Waals surface area contributed by atoms with Crippen molar-refractivity contribution >= 4 is 40.8 Å². The summed E-state index contributed by atoms with van der Waals surface area (Å²) in [4.78, 5) is 70.5. The maximum Gasteiger partial charge on any atom is 0.268 e. The fraction of sp³-hybridized carbons (Fsp3) is 0.594. The van der Waals surface area contributed by atoms with Crippen molar-refractivity contribution < 1.29 is 28.7 Å². The van der Waals surface area contributed by atoms with E-state index in [2.05, 4.69) is 20.9 Å². The van der Waals surface area contributed by atoms with Crippen molar-refractivity contribution in [3.63, 3.8) is 0 Å². The van der Waals surface area contributed by atoms with Crippen molar-refractivity contribution in [3.05, 3.63) is 30.0 Å². The van der Waals surface area contributed by atoms with E-state index in [1.54, 1.807) is 24.1 Å². The number of aromatic nitrogens is 1. The van der Waals surface area contributed by atoms with Gasteiger partial charge >= 0.3 is 0 Å². The number of aromatic amines is 1. The number of rotatable bonds is 9. The van der Waals surface area contributed by atoms with Gasteiger partial charge in [0.2, 0.25) is 17.7 Å². The van der Waals surface area contributed by atoms with Crippen molar-refractivity contribution in [2.75, 3.05) is 20.2 Å². The number of benzene rings is 1. The molecular formula is C32H45N5O6. The van der Waals surface area contributed by atoms with Gasteiger partial charge < -0.3 is 35.4 Å². The number of likely N-dealkylation sites (tertiary alicyclic amines) is 1. The zero-order valence-corrected chi connectivity index (χ0v) is 26.2. The molecule has 0 spiro atoms. The molecule has 0 saturated carbocycles. The van der Waals surface area contributed by atoms with E-state index in [1.165, 1.54) is 0 Å². The number of nitrogens with zero attached hydrogens (tertiary/aromatic N) is 1. The molecule has 3 heterocycles. The molecule has 2 fully saturated rings. The lowest BCUT2D eigenvalue weighted by molar-refractivity contribution is -0.144. The van der Waals surface area contributed by atoms with E-state index in [-0.39, 0.29) is 35.8 Å². The maximum absolute atomic E-state index is 14.3. The average Bonchev–Trinajstić information content (AvgIpc) is 3.49. The van der Waals surface area contributed by atoms with Gasteiger partial charge in [-0.25, -0.2) is 0 Å². The van der Waals surface area contributed by atoms with Gasteiger partial charge in [-0.15, -0.1) is 0 Å². The first-order valence-electron chi connectivity index (χ1n) is 15.0. The van der Waals surface area contributed by atoms with Crippen LogP contribution in [-0.4, -0.2) is 78.1 Å². The summed E-state index contributed by atoms with van der Waals surface area (Å²) in [7, 11) is 1.56. The minimum absolute atomic E-state index is 0.0384. The molecule has 4 N–H and O–H groups in total. The van der Waals surface area contributed by atoms with E-state index in [1.807, 2.05) is 53.7 Å². The van der Waals surface area contributed by atoms with E-state index < -0.39 is 40.8 Å². The number of aldehydes is 1. The highest BCUT2D eigenvalue weighted by atomic mass is 16.5. The summed E-state index contributed by atoms with van der Waals surface area (Å²) in [6, 6.07) is 4.47. The number of nitrogens with one attached hydrogen (secondary N) is 4. The van der Waals surface area contributed by atoms with Gasteiger partial charge in [0, 0.05) is 29.9 Å². The van der Waals surface area contributed by atoms with Crippen LogP contribution in [0.3, 0.4) is 0 Å². The van der Waals surface area contributed by atoms with E-state index in [9.17, 15) is 24.0 Å². The topological polar surface area (TPSA) is 150 Å². The molecule has 2 saturated heterocycles. The minimum atomic E-state index is -0.947. The molecule has 1 aromatic carbocycles. The van der Waals surface area contributed by atoms with Gasteiger partial charge in [0.15, 0.2) is 0 Å². The van der Waals surface area contributed by atoms with Crippen molar-refractivity contribution in [2.24, 2.45) is 22.7 Å². The summed E-state index contributed by atoms with van der Waals surface area (Å²) in [6.45, 7) is 12.4. The number of methoxy groups -OCH3 is 1. The molecule has 11 heteroatoms. The summed E-state index contributed by atoms with van der Waals surface area (Å²) in [5.74, 6) is -1.16. The molecular weight excluding hydrogens is 550 g/mol. The lowest BCUT2D eigenvalue weighted by Crippen LogP contribution is -2.60. The molecule has 0 aliphatic carbocycles. The number of ether oxygens (including phenoxy) is 1. The molecule has 4 rings (SSSR count). The number of hydrogen-bond donors (Lipinski definition) is 4. The van der Waals surface area contributed by atoms with E-state index >= 15 is 0 Å². The number of piperidine rings is 1. The van der Waals surface area contributed by atoms with Crippen LogP contribution in [-0.2, 0) is 19.2 Å². The fourth-order valence-electron chi connectivity index (χ4n) is 6.23. The van der Waals surface area contributed by atoms with Crippen molar-refractivity contribution in [1.29, 1.82) is 0 Å². The van der Waals surface area contributed by atoms with Crippen LogP contribution in [0.4, 0.5) is 0 Å². The first kappa shape index (κ1) is 32.0. The Labute approximate surface area is 252 Å². The smallest absolute Gasteiger partial charge is 0.268 e. The van der Waals surface area contributed by atoms with Gasteiger partial charge in [-0.1, -0.05) is 47.6 Å². The predicted molar refractivity (Wildman–Crippen MR) is 162 cm³/mol. The van der Waals surface area contributed by atoms with Crippen LogP contribution in [0.25, 0.3) is 10.9 Å². The molecule has 0 unspecified atom stereocenters. The molecule has 2 aliphatic heterocycles. The lowest BCUT2D eigenvalue weighted by Gasteiger charge is -2.38. The lowest BCUT2D eigenvalue weighted by atomic mass is 9.77. The minimum Gasteiger partial charge on any atom is -0.496 e. The Bertz CT molecular complexity index is 1390. The van der Waals surface area contributed by atoms with Crippen LogP contribution >= 0.6 is 0 Å².